The van der Waals surface area contributed by atoms with Crippen molar-refractivity contribution in [2.24, 2.45) is 5.73 Å². The van der Waals surface area contributed by atoms with Crippen LogP contribution in [0.4, 0.5) is 11.4 Å². The van der Waals surface area contributed by atoms with Crippen LogP contribution in [0.15, 0.2) is 182 Å². The lowest BCUT2D eigenvalue weighted by Crippen LogP contribution is -2.24. The van der Waals surface area contributed by atoms with Gasteiger partial charge in [-0.2, -0.15) is 0 Å². The Hall–Kier alpha value is -10.5. The molecule has 17 heteroatoms. The number of hydrogen-bond acceptors (Lipinski definition) is 11. The number of aromatic nitrogens is 2. The van der Waals surface area contributed by atoms with Gasteiger partial charge in [-0.05, 0) is 162 Å². The zero-order valence-corrected chi connectivity index (χ0v) is 51.5. The third-order valence-corrected chi connectivity index (χ3v) is 15.1. The van der Waals surface area contributed by atoms with Crippen molar-refractivity contribution < 1.29 is 43.6 Å². The van der Waals surface area contributed by atoms with Crippen LogP contribution < -0.4 is 11.1 Å². The van der Waals surface area contributed by atoms with E-state index in [2.05, 4.69) is 52.6 Å². The van der Waals surface area contributed by atoms with E-state index >= 15 is 0 Å². The number of nitrogens with two attached hydrogens (primary N) is 1. The Kier molecular flexibility index (Phi) is 19.9. The summed E-state index contributed by atoms with van der Waals surface area (Å²) in [5, 5.41) is 35.7. The highest BCUT2D eigenvalue weighted by molar-refractivity contribution is 6.00. The lowest BCUT2D eigenvalue weighted by atomic mass is 9.98. The van der Waals surface area contributed by atoms with Crippen LogP contribution in [0.25, 0.3) is 44.1 Å². The largest absolute Gasteiger partial charge is 0.478 e. The lowest BCUT2D eigenvalue weighted by molar-refractivity contribution is -0.385. The van der Waals surface area contributed by atoms with E-state index in [-0.39, 0.29) is 42.3 Å². The number of benzene rings is 8. The van der Waals surface area contributed by atoms with Crippen molar-refractivity contribution in [2.45, 2.75) is 107 Å². The van der Waals surface area contributed by atoms with Gasteiger partial charge in [0.2, 0.25) is 0 Å². The molecule has 10 rings (SSSR count). The van der Waals surface area contributed by atoms with Gasteiger partial charge in [0.15, 0.2) is 0 Å². The van der Waals surface area contributed by atoms with Crippen molar-refractivity contribution in [3.63, 3.8) is 0 Å². The van der Waals surface area contributed by atoms with Crippen LogP contribution in [0.1, 0.15) is 128 Å². The molecule has 17 nitrogen and oxygen atoms in total. The Morgan fingerprint density at radius 1 is 0.517 bits per heavy atom. The van der Waals surface area contributed by atoms with E-state index in [4.69, 9.17) is 15.2 Å². The van der Waals surface area contributed by atoms with Crippen molar-refractivity contribution in [2.75, 3.05) is 0 Å². The zero-order chi connectivity index (χ0) is 64.5. The molecular weight excluding hydrogens is 1120 g/mol. The zero-order valence-electron chi connectivity index (χ0n) is 51.5. The first-order chi connectivity index (χ1) is 42.2. The van der Waals surface area contributed by atoms with Crippen molar-refractivity contribution in [1.82, 2.24) is 14.5 Å². The minimum Gasteiger partial charge on any atom is -0.478 e. The standard InChI is InChI=1S/C36H35N3O5.C29H29NO4.C7H8N2O2/c1-23-24(2)38(22-25-14-16-26(17-15-25)29-11-7-8-12-30(29)35(41)44-36(3,4)5)33-19-18-27(20-31(23)33)34(40)37-21-28-10-6-9-13-32(28)39(42)43;1-18-19(2)30(26-15-14-22(27(31)32)16-25(18)26)17-20-10-12-21(13-11-20)23-8-6-7-9-24(23)28(33)34-29(3,4)5;8-5-6-3-1-2-4-7(6)9(10)11/h6-20H,21-22H2,1-5H3,(H,37,40);6-16H,17H2,1-5H3,(H,31,32);1-4H,5,8H2. The van der Waals surface area contributed by atoms with Crippen molar-refractivity contribution in [1.29, 1.82) is 0 Å². The van der Waals surface area contributed by atoms with Crippen LogP contribution in [-0.2, 0) is 35.7 Å². The van der Waals surface area contributed by atoms with E-state index < -0.39 is 27.0 Å². The van der Waals surface area contributed by atoms with Gasteiger partial charge in [-0.3, -0.25) is 25.0 Å². The summed E-state index contributed by atoms with van der Waals surface area (Å²) in [4.78, 5) is 70.8. The Bertz CT molecular complexity index is 4300. The number of carbonyl (C=O) groups is 4. The van der Waals surface area contributed by atoms with Gasteiger partial charge in [0.25, 0.3) is 17.3 Å². The van der Waals surface area contributed by atoms with Crippen LogP contribution in [0.2, 0.25) is 0 Å². The molecule has 8 aromatic carbocycles. The molecule has 456 valence electrons. The third-order valence-electron chi connectivity index (χ3n) is 15.1. The fourth-order valence-corrected chi connectivity index (χ4v) is 10.4. The number of rotatable bonds is 15. The van der Waals surface area contributed by atoms with Gasteiger partial charge in [0.05, 0.1) is 26.5 Å². The van der Waals surface area contributed by atoms with Gasteiger partial charge in [-0.1, -0.05) is 121 Å². The summed E-state index contributed by atoms with van der Waals surface area (Å²) >= 11 is 0. The predicted octanol–water partition coefficient (Wildman–Crippen LogP) is 15.4. The number of aryl methyl sites for hydroxylation is 2. The molecule has 0 radical (unpaired) electrons. The van der Waals surface area contributed by atoms with Gasteiger partial charge in [-0.15, -0.1) is 0 Å². The maximum absolute atomic E-state index is 13.0. The molecule has 4 N–H and O–H groups in total. The van der Waals surface area contributed by atoms with E-state index in [0.717, 1.165) is 77.7 Å². The van der Waals surface area contributed by atoms with Gasteiger partial charge >= 0.3 is 17.9 Å². The molecule has 2 aromatic heterocycles. The molecule has 0 atom stereocenters. The summed E-state index contributed by atoms with van der Waals surface area (Å²) in [7, 11) is 0. The van der Waals surface area contributed by atoms with Crippen molar-refractivity contribution in [3.8, 4) is 22.3 Å². The van der Waals surface area contributed by atoms with Gasteiger partial charge in [0, 0.05) is 88.2 Å². The van der Waals surface area contributed by atoms with E-state index in [9.17, 15) is 44.5 Å². The minimum absolute atomic E-state index is 0.0212. The fourth-order valence-electron chi connectivity index (χ4n) is 10.4. The molecule has 10 aromatic rings. The SMILES string of the molecule is Cc1c(C)n(Cc2ccc(-c3ccccc3C(=O)OC(C)(C)C)cc2)c2ccc(C(=O)NCc3ccccc3[N+](=O)[O-])cc12.Cc1c(C)n(Cc2ccc(-c3ccccc3C(=O)OC(C)(C)C)cc2)c2ccc(C(=O)O)cc12.NCc1ccccc1[N+](=O)[O-]. The van der Waals surface area contributed by atoms with E-state index in [1.54, 1.807) is 66.7 Å². The molecule has 0 aliphatic heterocycles. The number of ether oxygens (including phenoxy) is 2. The van der Waals surface area contributed by atoms with Crippen LogP contribution in [0.3, 0.4) is 0 Å². The van der Waals surface area contributed by atoms with Crippen LogP contribution in [-0.4, -0.2) is 59.1 Å². The molecule has 2 heterocycles. The first-order valence-electron chi connectivity index (χ1n) is 28.9. The summed E-state index contributed by atoms with van der Waals surface area (Å²) < 4.78 is 15.6. The highest BCUT2D eigenvalue weighted by Gasteiger charge is 2.24. The maximum Gasteiger partial charge on any atom is 0.339 e. The highest BCUT2D eigenvalue weighted by atomic mass is 16.6. The summed E-state index contributed by atoms with van der Waals surface area (Å²) in [5.74, 6) is -1.90. The number of carbonyl (C=O) groups excluding carboxylic acids is 3. The first-order valence-corrected chi connectivity index (χ1v) is 28.9. The molecule has 0 aliphatic carbocycles. The van der Waals surface area contributed by atoms with Crippen LogP contribution >= 0.6 is 0 Å². The fraction of sp³-hybridized carbons (Fsp3) is 0.222. The molecule has 0 spiro atoms. The summed E-state index contributed by atoms with van der Waals surface area (Å²) in [5.41, 5.74) is 19.2. The monoisotopic (exact) mass is 1200 g/mol. The number of para-hydroxylation sites is 2. The maximum atomic E-state index is 13.0. The number of aromatic carboxylic acids is 1. The second kappa shape index (κ2) is 27.5. The second-order valence-corrected chi connectivity index (χ2v) is 23.5. The molecule has 0 saturated heterocycles. The number of nitrogens with zero attached hydrogens (tertiary/aromatic N) is 4. The average molecular weight is 1200 g/mol. The van der Waals surface area contributed by atoms with E-state index in [0.29, 0.717) is 46.5 Å². The number of nitro groups is 2. The Morgan fingerprint density at radius 2 is 0.899 bits per heavy atom. The molecule has 0 bridgehead atoms. The van der Waals surface area contributed by atoms with Crippen molar-refractivity contribution >= 4 is 57.0 Å². The Balaban J connectivity index is 0.000000201. The first kappa shape index (κ1) is 64.5. The van der Waals surface area contributed by atoms with Gasteiger partial charge in [0.1, 0.15) is 11.2 Å². The topological polar surface area (TPSA) is 241 Å². The number of amides is 1. The van der Waals surface area contributed by atoms with Gasteiger partial charge < -0.3 is 34.8 Å². The quantitative estimate of drug-likeness (QED) is 0.0493. The van der Waals surface area contributed by atoms with Crippen LogP contribution in [0, 0.1) is 47.9 Å². The number of fused-ring (bicyclic) bond motifs is 2. The molecular formula is C72H72N6O11. The van der Waals surface area contributed by atoms with Gasteiger partial charge in [-0.25, -0.2) is 14.4 Å². The number of nitrogens with one attached hydrogen (secondary N) is 1. The second-order valence-electron chi connectivity index (χ2n) is 23.5. The van der Waals surface area contributed by atoms with E-state index in [1.807, 2.05) is 134 Å². The Morgan fingerprint density at radius 3 is 1.30 bits per heavy atom. The number of nitro benzene ring substituents is 2. The molecule has 1 amide bonds. The smallest absolute Gasteiger partial charge is 0.339 e. The molecule has 0 unspecified atom stereocenters. The summed E-state index contributed by atoms with van der Waals surface area (Å²) in [6.45, 7) is 20.9. The average Bonchev–Trinajstić information content (AvgIpc) is 1.76. The lowest BCUT2D eigenvalue weighted by Gasteiger charge is -2.20. The summed E-state index contributed by atoms with van der Waals surface area (Å²) in [6.07, 6.45) is 0. The minimum atomic E-state index is -0.922. The highest BCUT2D eigenvalue weighted by Crippen LogP contribution is 2.33. The molecule has 0 fully saturated rings. The summed E-state index contributed by atoms with van der Waals surface area (Å²) in [6, 6.07) is 55.0. The normalized spacial score (nSPS) is 11.2. The molecule has 89 heavy (non-hydrogen) atoms. The van der Waals surface area contributed by atoms with Crippen LogP contribution in [0.5, 0.6) is 0 Å². The molecule has 0 saturated carbocycles. The third kappa shape index (κ3) is 15.6. The van der Waals surface area contributed by atoms with Crippen molar-refractivity contribution in [3.05, 3.63) is 269 Å². The predicted molar refractivity (Wildman–Crippen MR) is 347 cm³/mol. The number of hydrogen-bond donors (Lipinski definition) is 3. The number of carboxylic acid groups (broad SMARTS) is 1. The number of carboxylic acids is 1. The molecule has 0 aliphatic rings. The Labute approximate surface area is 516 Å². The van der Waals surface area contributed by atoms with E-state index in [1.165, 1.54) is 12.1 Å². The number of esters is 2.